The maximum atomic E-state index is 9.15. The van der Waals surface area contributed by atoms with Crippen LogP contribution in [0.3, 0.4) is 0 Å². The molecule has 0 saturated heterocycles. The Kier molecular flexibility index (Phi) is 6.54. The summed E-state index contributed by atoms with van der Waals surface area (Å²) >= 11 is 0. The van der Waals surface area contributed by atoms with Gasteiger partial charge in [0.2, 0.25) is 0 Å². The average molecular weight is 238 g/mol. The van der Waals surface area contributed by atoms with Gasteiger partial charge < -0.3 is 4.74 Å². The van der Waals surface area contributed by atoms with E-state index in [1.165, 1.54) is 12.8 Å². The van der Waals surface area contributed by atoms with Gasteiger partial charge in [0.05, 0.1) is 6.07 Å². The summed E-state index contributed by atoms with van der Waals surface area (Å²) in [6.45, 7) is 6.84. The van der Waals surface area contributed by atoms with Gasteiger partial charge in [0.25, 0.3) is 0 Å². The highest BCUT2D eigenvalue weighted by Gasteiger charge is 2.22. The number of nitrogens with one attached hydrogen (secondary N) is 1. The van der Waals surface area contributed by atoms with Crippen LogP contribution in [-0.2, 0) is 4.74 Å². The van der Waals surface area contributed by atoms with Crippen molar-refractivity contribution in [2.75, 3.05) is 19.8 Å². The predicted octanol–water partition coefficient (Wildman–Crippen LogP) is 2.87. The molecule has 1 unspecified atom stereocenters. The molecule has 1 saturated carbocycles. The molecule has 0 aromatic carbocycles. The normalized spacial score (nSPS) is 18.6. The van der Waals surface area contributed by atoms with E-state index in [0.717, 1.165) is 51.4 Å². The van der Waals surface area contributed by atoms with Gasteiger partial charge in [-0.15, -0.1) is 0 Å². The lowest BCUT2D eigenvalue weighted by Gasteiger charge is -2.22. The van der Waals surface area contributed by atoms with Crippen LogP contribution in [0.25, 0.3) is 0 Å². The van der Waals surface area contributed by atoms with E-state index in [1.807, 2.05) is 6.92 Å². The largest absolute Gasteiger partial charge is 0.381 e. The third kappa shape index (κ3) is 6.65. The zero-order valence-electron chi connectivity index (χ0n) is 11.3. The van der Waals surface area contributed by atoms with Crippen LogP contribution >= 0.6 is 0 Å². The van der Waals surface area contributed by atoms with Crippen LogP contribution in [0, 0.1) is 17.2 Å². The number of rotatable bonds is 10. The maximum absolute atomic E-state index is 9.15. The lowest BCUT2D eigenvalue weighted by atomic mass is 9.96. The van der Waals surface area contributed by atoms with Crippen molar-refractivity contribution in [1.29, 1.82) is 5.26 Å². The van der Waals surface area contributed by atoms with Crippen molar-refractivity contribution >= 4 is 0 Å². The van der Waals surface area contributed by atoms with E-state index in [9.17, 15) is 0 Å². The van der Waals surface area contributed by atoms with Gasteiger partial charge in [-0.3, -0.25) is 5.32 Å². The predicted molar refractivity (Wildman–Crippen MR) is 69.7 cm³/mol. The lowest BCUT2D eigenvalue weighted by Crippen LogP contribution is -2.41. The van der Waals surface area contributed by atoms with Crippen LogP contribution < -0.4 is 5.32 Å². The zero-order valence-corrected chi connectivity index (χ0v) is 11.3. The van der Waals surface area contributed by atoms with Crippen LogP contribution in [0.4, 0.5) is 0 Å². The Bertz CT molecular complexity index is 245. The van der Waals surface area contributed by atoms with Gasteiger partial charge in [0.1, 0.15) is 5.54 Å². The highest BCUT2D eigenvalue weighted by atomic mass is 16.5. The van der Waals surface area contributed by atoms with Crippen molar-refractivity contribution in [1.82, 2.24) is 5.32 Å². The minimum absolute atomic E-state index is 0.355. The first kappa shape index (κ1) is 14.5. The number of nitriles is 1. The molecule has 0 amide bonds. The van der Waals surface area contributed by atoms with E-state index in [2.05, 4.69) is 18.3 Å². The molecule has 98 valence electrons. The highest BCUT2D eigenvalue weighted by molar-refractivity contribution is 5.03. The Hall–Kier alpha value is -0.590. The van der Waals surface area contributed by atoms with Crippen molar-refractivity contribution in [2.45, 2.75) is 57.9 Å². The molecule has 0 heterocycles. The van der Waals surface area contributed by atoms with Gasteiger partial charge >= 0.3 is 0 Å². The Morgan fingerprint density at radius 3 is 2.76 bits per heavy atom. The van der Waals surface area contributed by atoms with E-state index >= 15 is 0 Å². The smallest absolute Gasteiger partial charge is 0.103 e. The van der Waals surface area contributed by atoms with Gasteiger partial charge in [0.15, 0.2) is 0 Å². The quantitative estimate of drug-likeness (QED) is 0.595. The Morgan fingerprint density at radius 1 is 1.41 bits per heavy atom. The second kappa shape index (κ2) is 7.68. The number of unbranched alkanes of at least 4 members (excludes halogenated alkanes) is 1. The number of hydrogen-bond acceptors (Lipinski definition) is 3. The molecular formula is C14H26N2O. The van der Waals surface area contributed by atoms with Gasteiger partial charge in [-0.25, -0.2) is 0 Å². The van der Waals surface area contributed by atoms with Crippen LogP contribution in [0.2, 0.25) is 0 Å². The summed E-state index contributed by atoms with van der Waals surface area (Å²) in [5.41, 5.74) is -0.355. The van der Waals surface area contributed by atoms with Crippen molar-refractivity contribution in [3.05, 3.63) is 0 Å². The van der Waals surface area contributed by atoms with Crippen LogP contribution in [0.15, 0.2) is 0 Å². The molecule has 0 bridgehead atoms. The first-order chi connectivity index (χ1) is 8.20. The minimum atomic E-state index is -0.355. The van der Waals surface area contributed by atoms with Crippen LogP contribution in [-0.4, -0.2) is 25.3 Å². The summed E-state index contributed by atoms with van der Waals surface area (Å²) in [4.78, 5) is 0. The molecule has 1 aliphatic carbocycles. The fourth-order valence-electron chi connectivity index (χ4n) is 1.80. The molecule has 1 fully saturated rings. The molecule has 3 heteroatoms. The molecule has 0 spiro atoms. The summed E-state index contributed by atoms with van der Waals surface area (Å²) in [5.74, 6) is 0.852. The molecule has 17 heavy (non-hydrogen) atoms. The zero-order chi connectivity index (χ0) is 12.6. The van der Waals surface area contributed by atoms with Crippen molar-refractivity contribution in [3.63, 3.8) is 0 Å². The van der Waals surface area contributed by atoms with Crippen molar-refractivity contribution in [2.24, 2.45) is 5.92 Å². The van der Waals surface area contributed by atoms with E-state index in [-0.39, 0.29) is 5.54 Å². The summed E-state index contributed by atoms with van der Waals surface area (Å²) in [6, 6.07) is 2.38. The topological polar surface area (TPSA) is 45.0 Å². The van der Waals surface area contributed by atoms with Gasteiger partial charge in [-0.1, -0.05) is 6.92 Å². The standard InChI is InChI=1S/C14H26N2O/c1-3-9-16-14(2,12-15)8-4-5-10-17-11-13-6-7-13/h13,16H,3-11H2,1-2H3. The average Bonchev–Trinajstić information content (AvgIpc) is 3.15. The third-order valence-electron chi connectivity index (χ3n) is 3.28. The summed E-state index contributed by atoms with van der Waals surface area (Å²) < 4.78 is 5.58. The van der Waals surface area contributed by atoms with E-state index in [0.29, 0.717) is 0 Å². The van der Waals surface area contributed by atoms with Crippen molar-refractivity contribution < 1.29 is 4.74 Å². The van der Waals surface area contributed by atoms with Crippen molar-refractivity contribution in [3.8, 4) is 6.07 Å². The fourth-order valence-corrected chi connectivity index (χ4v) is 1.80. The molecular weight excluding hydrogens is 212 g/mol. The Balaban J connectivity index is 1.99. The molecule has 1 aliphatic rings. The molecule has 0 aromatic heterocycles. The Labute approximate surface area is 106 Å². The maximum Gasteiger partial charge on any atom is 0.103 e. The summed E-state index contributed by atoms with van der Waals surface area (Å²) in [6.07, 6.45) is 6.82. The minimum Gasteiger partial charge on any atom is -0.381 e. The summed E-state index contributed by atoms with van der Waals surface area (Å²) in [7, 11) is 0. The SMILES string of the molecule is CCCNC(C)(C#N)CCCCOCC1CC1. The molecule has 1 N–H and O–H groups in total. The molecule has 0 aliphatic heterocycles. The number of hydrogen-bond donors (Lipinski definition) is 1. The molecule has 1 rings (SSSR count). The second-order valence-electron chi connectivity index (χ2n) is 5.35. The van der Waals surface area contributed by atoms with Gasteiger partial charge in [-0.2, -0.15) is 5.26 Å². The molecule has 1 atom stereocenters. The highest BCUT2D eigenvalue weighted by Crippen LogP contribution is 2.28. The molecule has 0 aromatic rings. The first-order valence-corrected chi connectivity index (χ1v) is 6.94. The Morgan fingerprint density at radius 2 is 2.18 bits per heavy atom. The van der Waals surface area contributed by atoms with Gasteiger partial charge in [0, 0.05) is 13.2 Å². The van der Waals surface area contributed by atoms with Crippen LogP contribution in [0.1, 0.15) is 52.4 Å². The summed E-state index contributed by atoms with van der Waals surface area (Å²) in [5, 5.41) is 12.5. The van der Waals surface area contributed by atoms with E-state index < -0.39 is 0 Å². The van der Waals surface area contributed by atoms with Gasteiger partial charge in [-0.05, 0) is 57.9 Å². The second-order valence-corrected chi connectivity index (χ2v) is 5.35. The number of ether oxygens (including phenoxy) is 1. The third-order valence-corrected chi connectivity index (χ3v) is 3.28. The molecule has 0 radical (unpaired) electrons. The lowest BCUT2D eigenvalue weighted by molar-refractivity contribution is 0.119. The fraction of sp³-hybridized carbons (Fsp3) is 0.929. The van der Waals surface area contributed by atoms with E-state index in [1.54, 1.807) is 0 Å². The number of nitrogens with zero attached hydrogens (tertiary/aromatic N) is 1. The van der Waals surface area contributed by atoms with E-state index in [4.69, 9.17) is 10.00 Å². The molecule has 3 nitrogen and oxygen atoms in total. The van der Waals surface area contributed by atoms with Crippen LogP contribution in [0.5, 0.6) is 0 Å². The monoisotopic (exact) mass is 238 g/mol. The first-order valence-electron chi connectivity index (χ1n) is 6.94.